The fraction of sp³-hybridized carbons (Fsp3) is 0.308. The zero-order valence-corrected chi connectivity index (χ0v) is 18.8. The van der Waals surface area contributed by atoms with Gasteiger partial charge in [-0.05, 0) is 67.6 Å². The number of halogens is 2. The van der Waals surface area contributed by atoms with E-state index >= 15 is 0 Å². The maximum atomic E-state index is 14.2. The summed E-state index contributed by atoms with van der Waals surface area (Å²) < 4.78 is 30.3. The van der Waals surface area contributed by atoms with Crippen molar-refractivity contribution in [2.45, 2.75) is 19.8 Å². The van der Waals surface area contributed by atoms with Crippen LogP contribution in [0, 0.1) is 24.5 Å². The number of amides is 2. The number of carbonyl (C=O) groups excluding carboxylic acids is 2. The van der Waals surface area contributed by atoms with E-state index in [4.69, 9.17) is 0 Å². The number of para-hydroxylation sites is 1. The van der Waals surface area contributed by atoms with Crippen molar-refractivity contribution in [3.8, 4) is 5.69 Å². The fourth-order valence-electron chi connectivity index (χ4n) is 4.43. The lowest BCUT2D eigenvalue weighted by Gasteiger charge is -2.34. The lowest BCUT2D eigenvalue weighted by atomic mass is 9.95. The second-order valence-corrected chi connectivity index (χ2v) is 8.63. The number of benzene rings is 2. The lowest BCUT2D eigenvalue weighted by molar-refractivity contribution is 0.0630. The zero-order valence-electron chi connectivity index (χ0n) is 18.8. The van der Waals surface area contributed by atoms with Crippen LogP contribution in [-0.4, -0.2) is 52.9 Å². The van der Waals surface area contributed by atoms with Crippen LogP contribution in [0.15, 0.2) is 60.9 Å². The summed E-state index contributed by atoms with van der Waals surface area (Å²) in [6, 6.07) is 13.7. The number of nitrogens with zero attached hydrogens (tertiary/aromatic N) is 3. The van der Waals surface area contributed by atoms with Crippen molar-refractivity contribution in [1.29, 1.82) is 0 Å². The number of hydrogen-bond acceptors (Lipinski definition) is 2. The molecule has 3 aromatic rings. The Hall–Kier alpha value is -3.48. The first kappa shape index (κ1) is 22.7. The van der Waals surface area contributed by atoms with Crippen LogP contribution in [0.2, 0.25) is 0 Å². The van der Waals surface area contributed by atoms with Gasteiger partial charge in [-0.2, -0.15) is 0 Å². The maximum Gasteiger partial charge on any atom is 0.259 e. The Morgan fingerprint density at radius 3 is 2.24 bits per heavy atom. The third-order valence-corrected chi connectivity index (χ3v) is 6.20. The van der Waals surface area contributed by atoms with Crippen LogP contribution in [0.3, 0.4) is 0 Å². The van der Waals surface area contributed by atoms with E-state index in [9.17, 15) is 18.4 Å². The minimum Gasteiger partial charge on any atom is -0.341 e. The molecule has 0 aliphatic carbocycles. The van der Waals surface area contributed by atoms with Crippen LogP contribution in [0.1, 0.15) is 39.1 Å². The molecule has 33 heavy (non-hydrogen) atoms. The van der Waals surface area contributed by atoms with Crippen molar-refractivity contribution in [2.75, 3.05) is 26.7 Å². The van der Waals surface area contributed by atoms with Gasteiger partial charge in [0.2, 0.25) is 0 Å². The molecule has 172 valence electrons. The molecular weight excluding hydrogens is 424 g/mol. The van der Waals surface area contributed by atoms with Crippen molar-refractivity contribution in [1.82, 2.24) is 14.4 Å². The summed E-state index contributed by atoms with van der Waals surface area (Å²) in [5, 5.41) is 0. The van der Waals surface area contributed by atoms with Gasteiger partial charge in [-0.15, -0.1) is 0 Å². The van der Waals surface area contributed by atoms with Gasteiger partial charge in [0.1, 0.15) is 17.2 Å². The van der Waals surface area contributed by atoms with Gasteiger partial charge in [0.05, 0.1) is 11.3 Å². The van der Waals surface area contributed by atoms with Gasteiger partial charge in [0, 0.05) is 39.1 Å². The summed E-state index contributed by atoms with van der Waals surface area (Å²) in [4.78, 5) is 29.1. The highest BCUT2D eigenvalue weighted by Gasteiger charge is 2.28. The molecule has 1 aliphatic heterocycles. The van der Waals surface area contributed by atoms with E-state index in [0.29, 0.717) is 43.6 Å². The summed E-state index contributed by atoms with van der Waals surface area (Å²) in [5.74, 6) is -2.22. The summed E-state index contributed by atoms with van der Waals surface area (Å²) >= 11 is 0. The first-order valence-corrected chi connectivity index (χ1v) is 11.1. The van der Waals surface area contributed by atoms with Crippen LogP contribution >= 0.6 is 0 Å². The SMILES string of the molecule is Cc1cc(F)c(C(=O)N(C)CC2CCN(C(=O)c3ccccc3-n3cccc3)CC2)c(F)c1. The maximum absolute atomic E-state index is 14.2. The van der Waals surface area contributed by atoms with Crippen LogP contribution in [0.25, 0.3) is 5.69 Å². The molecule has 2 amide bonds. The molecule has 7 heteroatoms. The normalized spacial score (nSPS) is 14.4. The number of aromatic nitrogens is 1. The minimum atomic E-state index is -0.842. The predicted octanol–water partition coefficient (Wildman–Crippen LogP) is 4.69. The molecule has 2 aromatic carbocycles. The highest BCUT2D eigenvalue weighted by atomic mass is 19.1. The highest BCUT2D eigenvalue weighted by Crippen LogP contribution is 2.24. The molecule has 1 fully saturated rings. The second kappa shape index (κ2) is 9.57. The molecule has 0 N–H and O–H groups in total. The van der Waals surface area contributed by atoms with E-state index in [1.54, 1.807) is 14.0 Å². The van der Waals surface area contributed by atoms with Crippen molar-refractivity contribution in [3.05, 3.63) is 89.2 Å². The molecule has 0 saturated carbocycles. The minimum absolute atomic E-state index is 0.0222. The highest BCUT2D eigenvalue weighted by molar-refractivity contribution is 5.98. The van der Waals surface area contributed by atoms with E-state index in [-0.39, 0.29) is 11.8 Å². The first-order valence-electron chi connectivity index (χ1n) is 11.1. The molecular formula is C26H27F2N3O2. The molecule has 0 unspecified atom stereocenters. The number of piperidine rings is 1. The Balaban J connectivity index is 1.38. The topological polar surface area (TPSA) is 45.6 Å². The third kappa shape index (κ3) is 4.82. The molecule has 4 rings (SSSR count). The van der Waals surface area contributed by atoms with Crippen molar-refractivity contribution >= 4 is 11.8 Å². The summed E-state index contributed by atoms with van der Waals surface area (Å²) in [6.07, 6.45) is 5.25. The van der Waals surface area contributed by atoms with Crippen molar-refractivity contribution < 1.29 is 18.4 Å². The number of rotatable bonds is 5. The van der Waals surface area contributed by atoms with Crippen molar-refractivity contribution in [2.24, 2.45) is 5.92 Å². The third-order valence-electron chi connectivity index (χ3n) is 6.20. The molecule has 0 radical (unpaired) electrons. The molecule has 1 aliphatic rings. The van der Waals surface area contributed by atoms with Gasteiger partial charge in [-0.1, -0.05) is 12.1 Å². The van der Waals surface area contributed by atoms with E-state index < -0.39 is 23.1 Å². The number of likely N-dealkylation sites (tertiary alicyclic amines) is 1. The van der Waals surface area contributed by atoms with Crippen LogP contribution < -0.4 is 0 Å². The zero-order chi connectivity index (χ0) is 23.5. The second-order valence-electron chi connectivity index (χ2n) is 8.63. The molecule has 0 spiro atoms. The average molecular weight is 452 g/mol. The van der Waals surface area contributed by atoms with Gasteiger partial charge in [0.25, 0.3) is 11.8 Å². The summed E-state index contributed by atoms with van der Waals surface area (Å²) in [5.41, 5.74) is 1.39. The smallest absolute Gasteiger partial charge is 0.259 e. The molecule has 5 nitrogen and oxygen atoms in total. The predicted molar refractivity (Wildman–Crippen MR) is 122 cm³/mol. The summed E-state index contributed by atoms with van der Waals surface area (Å²) in [7, 11) is 1.56. The fourth-order valence-corrected chi connectivity index (χ4v) is 4.43. The van der Waals surface area contributed by atoms with Gasteiger partial charge >= 0.3 is 0 Å². The lowest BCUT2D eigenvalue weighted by Crippen LogP contribution is -2.42. The monoisotopic (exact) mass is 451 g/mol. The average Bonchev–Trinajstić information content (AvgIpc) is 3.33. The van der Waals surface area contributed by atoms with E-state index in [1.165, 1.54) is 17.0 Å². The van der Waals surface area contributed by atoms with Crippen LogP contribution in [0.4, 0.5) is 8.78 Å². The van der Waals surface area contributed by atoms with E-state index in [1.807, 2.05) is 58.3 Å². The standard InChI is InChI=1S/C26H27F2N3O2/c1-18-15-21(27)24(22(28)16-18)26(33)29(2)17-19-9-13-31(14-10-19)25(32)20-7-3-4-8-23(20)30-11-5-6-12-30/h3-8,11-12,15-16,19H,9-10,13-14,17H2,1-2H3. The Morgan fingerprint density at radius 1 is 1.00 bits per heavy atom. The van der Waals surface area contributed by atoms with Gasteiger partial charge in [-0.3, -0.25) is 9.59 Å². The van der Waals surface area contributed by atoms with E-state index in [2.05, 4.69) is 0 Å². The Kier molecular flexibility index (Phi) is 6.58. The van der Waals surface area contributed by atoms with E-state index in [0.717, 1.165) is 5.69 Å². The van der Waals surface area contributed by atoms with Gasteiger partial charge in [-0.25, -0.2) is 8.78 Å². The van der Waals surface area contributed by atoms with Gasteiger partial charge in [0.15, 0.2) is 0 Å². The van der Waals surface area contributed by atoms with Gasteiger partial charge < -0.3 is 14.4 Å². The molecule has 2 heterocycles. The number of aryl methyl sites for hydroxylation is 1. The van der Waals surface area contributed by atoms with Crippen LogP contribution in [0.5, 0.6) is 0 Å². The number of carbonyl (C=O) groups is 2. The molecule has 0 bridgehead atoms. The first-order chi connectivity index (χ1) is 15.8. The Labute approximate surface area is 192 Å². The molecule has 1 saturated heterocycles. The van der Waals surface area contributed by atoms with Crippen molar-refractivity contribution in [3.63, 3.8) is 0 Å². The Morgan fingerprint density at radius 2 is 1.61 bits per heavy atom. The largest absolute Gasteiger partial charge is 0.341 e. The van der Waals surface area contributed by atoms with Crippen LogP contribution in [-0.2, 0) is 0 Å². The number of hydrogen-bond donors (Lipinski definition) is 0. The Bertz CT molecular complexity index is 1130. The molecule has 0 atom stereocenters. The quantitative estimate of drug-likeness (QED) is 0.565. The molecule has 1 aromatic heterocycles. The summed E-state index contributed by atoms with van der Waals surface area (Å²) in [6.45, 7) is 3.10.